The first-order valence-electron chi connectivity index (χ1n) is 5.89. The number of carbonyl (C=O) groups is 2. The van der Waals surface area contributed by atoms with E-state index in [2.05, 4.69) is 19.4 Å². The number of piperidine rings is 1. The summed E-state index contributed by atoms with van der Waals surface area (Å²) < 4.78 is 0. The smallest absolute Gasteiger partial charge is 0.225 e. The van der Waals surface area contributed by atoms with Crippen LogP contribution in [-0.4, -0.2) is 57.5 Å². The van der Waals surface area contributed by atoms with Gasteiger partial charge in [0.1, 0.15) is 0 Å². The predicted octanol–water partition coefficient (Wildman–Crippen LogP) is -1.88. The molecule has 0 aromatic rings. The number of likely N-dealkylation sites (N-methyl/N-ethyl adjacent to an activating group) is 1. The minimum Gasteiger partial charge on any atom is -0.350 e. The van der Waals surface area contributed by atoms with Gasteiger partial charge in [-0.15, -0.1) is 0 Å². The fraction of sp³-hybridized carbons (Fsp3) is 0.818. The van der Waals surface area contributed by atoms with Crippen molar-refractivity contribution in [2.24, 2.45) is 5.92 Å². The third kappa shape index (κ3) is 4.18. The van der Waals surface area contributed by atoms with E-state index in [0.717, 1.165) is 32.3 Å². The quantitative estimate of drug-likeness (QED) is 0.541. The molecule has 1 saturated heterocycles. The van der Waals surface area contributed by atoms with E-state index in [1.54, 1.807) is 4.90 Å². The van der Waals surface area contributed by atoms with E-state index >= 15 is 0 Å². The summed E-state index contributed by atoms with van der Waals surface area (Å²) in [6.07, 6.45) is 2.66. The molecule has 0 aromatic heterocycles. The van der Waals surface area contributed by atoms with Gasteiger partial charge >= 0.3 is 0 Å². The van der Waals surface area contributed by atoms with Crippen LogP contribution in [0.15, 0.2) is 0 Å². The van der Waals surface area contributed by atoms with Gasteiger partial charge in [0.2, 0.25) is 12.3 Å². The molecule has 1 aliphatic rings. The van der Waals surface area contributed by atoms with E-state index in [1.807, 2.05) is 0 Å². The Kier molecular flexibility index (Phi) is 5.25. The van der Waals surface area contributed by atoms with Crippen molar-refractivity contribution < 1.29 is 14.5 Å². The average Bonchev–Trinajstić information content (AvgIpc) is 2.28. The lowest BCUT2D eigenvalue weighted by atomic mass is 9.97. The minimum atomic E-state index is -0.0175. The summed E-state index contributed by atoms with van der Waals surface area (Å²) in [6.45, 7) is 2.99. The van der Waals surface area contributed by atoms with Gasteiger partial charge in [0.05, 0.1) is 33.1 Å². The van der Waals surface area contributed by atoms with Crippen molar-refractivity contribution in [1.29, 1.82) is 0 Å². The van der Waals surface area contributed by atoms with Crippen LogP contribution < -0.4 is 10.2 Å². The number of hydrogen-bond donors (Lipinski definition) is 2. The van der Waals surface area contributed by atoms with E-state index in [1.165, 1.54) is 4.90 Å². The Morgan fingerprint density at radius 1 is 1.56 bits per heavy atom. The number of nitrogens with zero attached hydrogens (tertiary/aromatic N) is 1. The molecule has 0 saturated carbocycles. The number of carbonyl (C=O) groups excluding carboxylic acids is 2. The summed E-state index contributed by atoms with van der Waals surface area (Å²) in [6, 6.07) is 0. The second kappa shape index (κ2) is 6.48. The average molecular weight is 228 g/mol. The summed E-state index contributed by atoms with van der Waals surface area (Å²) in [5, 5.41) is 2.93. The molecule has 1 heterocycles. The molecule has 5 heteroatoms. The van der Waals surface area contributed by atoms with Crippen LogP contribution in [0.25, 0.3) is 0 Å². The van der Waals surface area contributed by atoms with Crippen LogP contribution in [-0.2, 0) is 9.59 Å². The molecule has 1 rings (SSSR count). The van der Waals surface area contributed by atoms with Gasteiger partial charge in [-0.3, -0.25) is 9.59 Å². The molecule has 0 spiro atoms. The summed E-state index contributed by atoms with van der Waals surface area (Å²) in [4.78, 5) is 25.4. The minimum absolute atomic E-state index is 0.0175. The third-order valence-electron chi connectivity index (χ3n) is 2.90. The van der Waals surface area contributed by atoms with Crippen molar-refractivity contribution >= 4 is 12.3 Å². The Hall–Kier alpha value is -1.10. The molecule has 1 aliphatic heterocycles. The van der Waals surface area contributed by atoms with Crippen molar-refractivity contribution in [3.8, 4) is 0 Å². The van der Waals surface area contributed by atoms with E-state index in [0.29, 0.717) is 13.1 Å². The van der Waals surface area contributed by atoms with Crippen molar-refractivity contribution in [2.75, 3.05) is 40.3 Å². The van der Waals surface area contributed by atoms with Crippen molar-refractivity contribution in [2.45, 2.75) is 12.8 Å². The maximum absolute atomic E-state index is 11.8. The number of quaternary nitrogens is 1. The SMILES string of the molecule is C[NH+](C)CCNC(=O)[C@@H]1CCCN(C=O)C1. The monoisotopic (exact) mass is 228 g/mol. The van der Waals surface area contributed by atoms with Crippen LogP contribution in [0.2, 0.25) is 0 Å². The van der Waals surface area contributed by atoms with Gasteiger partial charge < -0.3 is 15.1 Å². The Morgan fingerprint density at radius 2 is 2.31 bits per heavy atom. The summed E-state index contributed by atoms with van der Waals surface area (Å²) in [7, 11) is 4.11. The number of hydrogen-bond acceptors (Lipinski definition) is 2. The lowest BCUT2D eigenvalue weighted by Gasteiger charge is -2.28. The van der Waals surface area contributed by atoms with Crippen molar-refractivity contribution in [3.63, 3.8) is 0 Å². The van der Waals surface area contributed by atoms with Crippen LogP contribution in [0.5, 0.6) is 0 Å². The first-order valence-corrected chi connectivity index (χ1v) is 5.89. The van der Waals surface area contributed by atoms with E-state index in [9.17, 15) is 9.59 Å². The zero-order valence-corrected chi connectivity index (χ0v) is 10.2. The molecule has 16 heavy (non-hydrogen) atoms. The first-order chi connectivity index (χ1) is 7.63. The molecule has 5 nitrogen and oxygen atoms in total. The van der Waals surface area contributed by atoms with Crippen LogP contribution in [0.3, 0.4) is 0 Å². The zero-order chi connectivity index (χ0) is 12.0. The van der Waals surface area contributed by atoms with Crippen LogP contribution in [0.1, 0.15) is 12.8 Å². The van der Waals surface area contributed by atoms with Gasteiger partial charge in [-0.2, -0.15) is 0 Å². The van der Waals surface area contributed by atoms with Crippen molar-refractivity contribution in [3.05, 3.63) is 0 Å². The van der Waals surface area contributed by atoms with Crippen LogP contribution in [0, 0.1) is 5.92 Å². The Labute approximate surface area is 96.8 Å². The lowest BCUT2D eigenvalue weighted by Crippen LogP contribution is -3.06. The zero-order valence-electron chi connectivity index (χ0n) is 10.2. The second-order valence-corrected chi connectivity index (χ2v) is 4.69. The summed E-state index contributed by atoms with van der Waals surface area (Å²) in [5.74, 6) is 0.0731. The van der Waals surface area contributed by atoms with E-state index in [-0.39, 0.29) is 11.8 Å². The Balaban J connectivity index is 2.27. The highest BCUT2D eigenvalue weighted by Crippen LogP contribution is 2.14. The highest BCUT2D eigenvalue weighted by molar-refractivity contribution is 5.79. The molecule has 0 radical (unpaired) electrons. The summed E-state index contributed by atoms with van der Waals surface area (Å²) in [5.41, 5.74) is 0. The largest absolute Gasteiger partial charge is 0.350 e. The highest BCUT2D eigenvalue weighted by atomic mass is 16.2. The molecular weight excluding hydrogens is 206 g/mol. The molecule has 1 fully saturated rings. The molecule has 2 amide bonds. The predicted molar refractivity (Wildman–Crippen MR) is 61.0 cm³/mol. The van der Waals surface area contributed by atoms with E-state index in [4.69, 9.17) is 0 Å². The Bertz CT molecular complexity index is 243. The van der Waals surface area contributed by atoms with E-state index < -0.39 is 0 Å². The maximum atomic E-state index is 11.8. The highest BCUT2D eigenvalue weighted by Gasteiger charge is 2.24. The van der Waals surface area contributed by atoms with Gasteiger partial charge in [0, 0.05) is 13.1 Å². The molecule has 0 unspecified atom stereocenters. The standard InChI is InChI=1S/C11H21N3O2/c1-13(2)7-5-12-11(16)10-4-3-6-14(8-10)9-15/h9-10H,3-8H2,1-2H3,(H,12,16)/p+1/t10-/m1/s1. The van der Waals surface area contributed by atoms with Gasteiger partial charge in [-0.25, -0.2) is 0 Å². The van der Waals surface area contributed by atoms with Crippen LogP contribution >= 0.6 is 0 Å². The van der Waals surface area contributed by atoms with Gasteiger partial charge in [-0.1, -0.05) is 0 Å². The number of amides is 2. The first kappa shape index (κ1) is 13.0. The molecule has 2 N–H and O–H groups in total. The fourth-order valence-electron chi connectivity index (χ4n) is 1.90. The second-order valence-electron chi connectivity index (χ2n) is 4.69. The van der Waals surface area contributed by atoms with Gasteiger partial charge in [0.15, 0.2) is 0 Å². The molecule has 1 atom stereocenters. The molecule has 0 aliphatic carbocycles. The normalized spacial score (nSPS) is 20.9. The summed E-state index contributed by atoms with van der Waals surface area (Å²) >= 11 is 0. The third-order valence-corrected chi connectivity index (χ3v) is 2.90. The molecule has 92 valence electrons. The van der Waals surface area contributed by atoms with Crippen LogP contribution in [0.4, 0.5) is 0 Å². The molecule has 0 bridgehead atoms. The number of rotatable bonds is 5. The maximum Gasteiger partial charge on any atom is 0.225 e. The Morgan fingerprint density at radius 3 is 2.94 bits per heavy atom. The topological polar surface area (TPSA) is 53.9 Å². The van der Waals surface area contributed by atoms with Gasteiger partial charge in [0.25, 0.3) is 0 Å². The number of nitrogens with one attached hydrogen (secondary N) is 2. The lowest BCUT2D eigenvalue weighted by molar-refractivity contribution is -0.856. The van der Waals surface area contributed by atoms with Gasteiger partial charge in [-0.05, 0) is 12.8 Å². The molecule has 0 aromatic carbocycles. The number of likely N-dealkylation sites (tertiary alicyclic amines) is 1. The molecular formula is C11H22N3O2+. The fourth-order valence-corrected chi connectivity index (χ4v) is 1.90. The van der Waals surface area contributed by atoms with Crippen molar-refractivity contribution in [1.82, 2.24) is 10.2 Å².